The third kappa shape index (κ3) is 3.65. The first-order valence-corrected chi connectivity index (χ1v) is 6.10. The lowest BCUT2D eigenvalue weighted by molar-refractivity contribution is -0.274. The Labute approximate surface area is 119 Å². The molecule has 6 heteroatoms. The maximum absolute atomic E-state index is 14.0. The molecule has 0 heterocycles. The lowest BCUT2D eigenvalue weighted by Gasteiger charge is -2.17. The largest absolute Gasteiger partial charge is 0.573 e. The Morgan fingerprint density at radius 1 is 0.952 bits per heavy atom. The van der Waals surface area contributed by atoms with Crippen molar-refractivity contribution in [2.45, 2.75) is 6.36 Å². The van der Waals surface area contributed by atoms with Crippen LogP contribution < -0.4 is 9.64 Å². The highest BCUT2D eigenvalue weighted by molar-refractivity contribution is 5.74. The average molecular weight is 299 g/mol. The quantitative estimate of drug-likeness (QED) is 0.776. The molecule has 0 bridgehead atoms. The van der Waals surface area contributed by atoms with E-state index >= 15 is 0 Å². The summed E-state index contributed by atoms with van der Waals surface area (Å²) in [5, 5.41) is 0. The van der Waals surface area contributed by atoms with Crippen molar-refractivity contribution < 1.29 is 22.3 Å². The van der Waals surface area contributed by atoms with Gasteiger partial charge in [-0.15, -0.1) is 13.2 Å². The van der Waals surface area contributed by atoms with E-state index in [0.29, 0.717) is 5.69 Å². The normalized spacial score (nSPS) is 11.3. The van der Waals surface area contributed by atoms with Crippen molar-refractivity contribution in [2.75, 3.05) is 19.0 Å². The van der Waals surface area contributed by atoms with Crippen LogP contribution in [0.25, 0.3) is 11.1 Å². The number of hydrogen-bond donors (Lipinski definition) is 0. The summed E-state index contributed by atoms with van der Waals surface area (Å²) in [7, 11) is 3.52. The van der Waals surface area contributed by atoms with E-state index < -0.39 is 17.9 Å². The predicted molar refractivity (Wildman–Crippen MR) is 72.8 cm³/mol. The van der Waals surface area contributed by atoms with Crippen molar-refractivity contribution in [2.24, 2.45) is 0 Å². The molecule has 0 radical (unpaired) electrons. The molecule has 0 amide bonds. The fraction of sp³-hybridized carbons (Fsp3) is 0.200. The number of rotatable bonds is 3. The van der Waals surface area contributed by atoms with E-state index in [2.05, 4.69) is 4.74 Å². The minimum absolute atomic E-state index is 0.0519. The Kier molecular flexibility index (Phi) is 4.06. The molecule has 2 rings (SSSR count). The Hall–Kier alpha value is -2.24. The molecular formula is C15H13F4NO. The van der Waals surface area contributed by atoms with Gasteiger partial charge < -0.3 is 9.64 Å². The van der Waals surface area contributed by atoms with Crippen molar-refractivity contribution in [3.05, 3.63) is 48.3 Å². The van der Waals surface area contributed by atoms with Crippen LogP contribution in [-0.4, -0.2) is 20.5 Å². The second-order valence-electron chi connectivity index (χ2n) is 4.60. The molecular weight excluding hydrogens is 286 g/mol. The first-order chi connectivity index (χ1) is 9.78. The summed E-state index contributed by atoms with van der Waals surface area (Å²) in [6.07, 6.45) is -4.83. The summed E-state index contributed by atoms with van der Waals surface area (Å²) in [6.45, 7) is 0. The molecule has 2 aromatic carbocycles. The van der Waals surface area contributed by atoms with Gasteiger partial charge >= 0.3 is 6.36 Å². The molecule has 0 aliphatic carbocycles. The summed E-state index contributed by atoms with van der Waals surface area (Å²) in [4.78, 5) is 1.73. The van der Waals surface area contributed by atoms with Crippen molar-refractivity contribution in [3.8, 4) is 16.9 Å². The van der Waals surface area contributed by atoms with Crippen molar-refractivity contribution >= 4 is 5.69 Å². The monoisotopic (exact) mass is 299 g/mol. The van der Waals surface area contributed by atoms with Gasteiger partial charge in [0.2, 0.25) is 0 Å². The van der Waals surface area contributed by atoms with Crippen LogP contribution in [0.1, 0.15) is 0 Å². The smallest absolute Gasteiger partial charge is 0.405 e. The average Bonchev–Trinajstić information content (AvgIpc) is 2.38. The zero-order valence-electron chi connectivity index (χ0n) is 11.4. The van der Waals surface area contributed by atoms with Crippen LogP contribution in [-0.2, 0) is 0 Å². The van der Waals surface area contributed by atoms with Gasteiger partial charge in [0.05, 0.1) is 0 Å². The highest BCUT2D eigenvalue weighted by atomic mass is 19.4. The van der Waals surface area contributed by atoms with E-state index in [1.54, 1.807) is 25.1 Å². The van der Waals surface area contributed by atoms with E-state index in [-0.39, 0.29) is 11.1 Å². The molecule has 0 aromatic heterocycles. The fourth-order valence-electron chi connectivity index (χ4n) is 1.90. The maximum Gasteiger partial charge on any atom is 0.573 e. The van der Waals surface area contributed by atoms with E-state index in [1.165, 1.54) is 30.3 Å². The van der Waals surface area contributed by atoms with Crippen LogP contribution >= 0.6 is 0 Å². The van der Waals surface area contributed by atoms with E-state index in [9.17, 15) is 17.6 Å². The molecule has 112 valence electrons. The van der Waals surface area contributed by atoms with Gasteiger partial charge in [-0.1, -0.05) is 18.2 Å². The van der Waals surface area contributed by atoms with Gasteiger partial charge in [0.15, 0.2) is 0 Å². The molecule has 0 saturated heterocycles. The van der Waals surface area contributed by atoms with E-state index in [0.717, 1.165) is 6.07 Å². The number of para-hydroxylation sites is 1. The number of anilines is 1. The fourth-order valence-corrected chi connectivity index (χ4v) is 1.90. The van der Waals surface area contributed by atoms with Gasteiger partial charge in [-0.3, -0.25) is 0 Å². The molecule has 0 aliphatic rings. The number of benzene rings is 2. The van der Waals surface area contributed by atoms with Gasteiger partial charge in [0, 0.05) is 30.9 Å². The van der Waals surface area contributed by atoms with Gasteiger partial charge in [0.1, 0.15) is 11.6 Å². The summed E-state index contributed by atoms with van der Waals surface area (Å²) >= 11 is 0. The molecule has 2 nitrogen and oxygen atoms in total. The molecule has 21 heavy (non-hydrogen) atoms. The summed E-state index contributed by atoms with van der Waals surface area (Å²) in [5.41, 5.74) is 0.783. The van der Waals surface area contributed by atoms with Gasteiger partial charge in [-0.05, 0) is 24.3 Å². The van der Waals surface area contributed by atoms with Crippen LogP contribution in [0.5, 0.6) is 5.75 Å². The minimum Gasteiger partial charge on any atom is -0.405 e. The Balaban J connectivity index is 2.54. The third-order valence-electron chi connectivity index (χ3n) is 2.87. The first-order valence-electron chi connectivity index (χ1n) is 6.10. The highest BCUT2D eigenvalue weighted by Crippen LogP contribution is 2.36. The maximum atomic E-state index is 14.0. The second-order valence-corrected chi connectivity index (χ2v) is 4.60. The molecule has 0 unspecified atom stereocenters. The van der Waals surface area contributed by atoms with Crippen LogP contribution in [0.15, 0.2) is 42.5 Å². The van der Waals surface area contributed by atoms with Gasteiger partial charge in [0.25, 0.3) is 0 Å². The standard InChI is InChI=1S/C15H13F4NO/c1-20(2)10-7-8-13(16)12(9-10)11-5-3-4-6-14(11)21-15(17,18)19/h3-9H,1-2H3. The Morgan fingerprint density at radius 2 is 1.62 bits per heavy atom. The second kappa shape index (κ2) is 5.63. The van der Waals surface area contributed by atoms with Crippen LogP contribution in [0.4, 0.5) is 23.2 Å². The number of alkyl halides is 3. The molecule has 0 fully saturated rings. The lowest BCUT2D eigenvalue weighted by Crippen LogP contribution is -2.17. The number of nitrogens with zero attached hydrogens (tertiary/aromatic N) is 1. The molecule has 0 spiro atoms. The van der Waals surface area contributed by atoms with Crippen molar-refractivity contribution in [1.29, 1.82) is 0 Å². The zero-order valence-corrected chi connectivity index (χ0v) is 11.4. The van der Waals surface area contributed by atoms with Crippen molar-refractivity contribution in [1.82, 2.24) is 0 Å². The molecule has 0 atom stereocenters. The SMILES string of the molecule is CN(C)c1ccc(F)c(-c2ccccc2OC(F)(F)F)c1. The summed E-state index contributed by atoms with van der Waals surface area (Å²) < 4.78 is 55.2. The molecule has 0 saturated carbocycles. The Bertz CT molecular complexity index is 638. The molecule has 0 N–H and O–H groups in total. The van der Waals surface area contributed by atoms with Crippen LogP contribution in [0.3, 0.4) is 0 Å². The number of hydrogen-bond acceptors (Lipinski definition) is 2. The minimum atomic E-state index is -4.83. The van der Waals surface area contributed by atoms with Crippen molar-refractivity contribution in [3.63, 3.8) is 0 Å². The number of halogens is 4. The van der Waals surface area contributed by atoms with E-state index in [4.69, 9.17) is 0 Å². The van der Waals surface area contributed by atoms with E-state index in [1.807, 2.05) is 0 Å². The zero-order chi connectivity index (χ0) is 15.6. The number of ether oxygens (including phenoxy) is 1. The lowest BCUT2D eigenvalue weighted by atomic mass is 10.0. The third-order valence-corrected chi connectivity index (χ3v) is 2.87. The highest BCUT2D eigenvalue weighted by Gasteiger charge is 2.32. The van der Waals surface area contributed by atoms with Gasteiger partial charge in [-0.2, -0.15) is 0 Å². The summed E-state index contributed by atoms with van der Waals surface area (Å²) in [6, 6.07) is 9.72. The first kappa shape index (κ1) is 15.2. The molecule has 0 aliphatic heterocycles. The molecule has 2 aromatic rings. The van der Waals surface area contributed by atoms with Crippen LogP contribution in [0, 0.1) is 5.82 Å². The van der Waals surface area contributed by atoms with Gasteiger partial charge in [-0.25, -0.2) is 4.39 Å². The Morgan fingerprint density at radius 3 is 2.24 bits per heavy atom. The van der Waals surface area contributed by atoms with Crippen LogP contribution in [0.2, 0.25) is 0 Å². The topological polar surface area (TPSA) is 12.5 Å². The summed E-state index contributed by atoms with van der Waals surface area (Å²) in [5.74, 6) is -1.04. The predicted octanol–water partition coefficient (Wildman–Crippen LogP) is 4.46.